The Morgan fingerprint density at radius 3 is 1.85 bits per heavy atom. The molecule has 0 aromatic heterocycles. The lowest BCUT2D eigenvalue weighted by atomic mass is 9.74. The summed E-state index contributed by atoms with van der Waals surface area (Å²) in [6.45, 7) is 6.05. The number of benzene rings is 4. The van der Waals surface area contributed by atoms with Crippen molar-refractivity contribution in [3.8, 4) is 0 Å². The standard InChI is InChI=1S/C54H60ClN3O21S5/c1-5-56-41-16-14-37-39(29-35(81(65,66)67)31-43(37)83(71,72)73)50(41)53(2,22-8-28-80(62,63)64)45(56)18-12-33-9-6-10-34(52(33)55)13-19-46-54(3,23-25-78-27-26-77-4)51-40-30-36(82(68,69)70)32-44(84(74,75)76)38(40)15-17-42(51)57(46)24-7-11-49(61)79-58-47(59)20-21-48(58)60/h12-19,29-32H,5-11,20-28H2,1-4H3,(H4-,62,63,64,65,66,67,68,69,70,71,72,73,74,75,76)/p+1. The number of carbonyl (C=O) groups is 3. The molecule has 3 heterocycles. The minimum absolute atomic E-state index is 0.0111. The number of likely N-dealkylation sites (N-methyl/N-ethyl adjacent to an activating group) is 1. The summed E-state index contributed by atoms with van der Waals surface area (Å²) in [5, 5.41) is 0.580. The van der Waals surface area contributed by atoms with Crippen molar-refractivity contribution in [1.82, 2.24) is 5.06 Å². The van der Waals surface area contributed by atoms with Crippen LogP contribution in [-0.4, -0.2) is 144 Å². The summed E-state index contributed by atoms with van der Waals surface area (Å²) in [5.74, 6) is -2.92. The van der Waals surface area contributed by atoms with Gasteiger partial charge in [-0.3, -0.25) is 32.4 Å². The molecule has 8 rings (SSSR count). The summed E-state index contributed by atoms with van der Waals surface area (Å²) in [7, 11) is -23.4. The summed E-state index contributed by atoms with van der Waals surface area (Å²) in [6, 6.07) is 9.31. The van der Waals surface area contributed by atoms with Gasteiger partial charge in [0.15, 0.2) is 5.71 Å². The van der Waals surface area contributed by atoms with E-state index < -0.39 is 105 Å². The maximum Gasteiger partial charge on any atom is 0.333 e. The van der Waals surface area contributed by atoms with Crippen LogP contribution in [0.2, 0.25) is 0 Å². The van der Waals surface area contributed by atoms with Crippen molar-refractivity contribution >= 4 is 119 Å². The van der Waals surface area contributed by atoms with E-state index >= 15 is 0 Å². The van der Waals surface area contributed by atoms with E-state index in [1.165, 1.54) is 19.2 Å². The first-order valence-electron chi connectivity index (χ1n) is 26.3. The molecule has 84 heavy (non-hydrogen) atoms. The maximum atomic E-state index is 13.2. The van der Waals surface area contributed by atoms with Gasteiger partial charge in [0, 0.05) is 89.8 Å². The number of nitrogens with zero attached hydrogens (tertiary/aromatic N) is 3. The molecule has 4 aromatic rings. The minimum Gasteiger partial charge on any atom is -0.382 e. The Balaban J connectivity index is 1.28. The molecule has 4 aromatic carbocycles. The van der Waals surface area contributed by atoms with E-state index in [1.807, 2.05) is 16.4 Å². The molecule has 0 saturated carbocycles. The molecule has 1 fully saturated rings. The van der Waals surface area contributed by atoms with E-state index in [0.29, 0.717) is 86.5 Å². The van der Waals surface area contributed by atoms with Gasteiger partial charge in [-0.1, -0.05) is 29.8 Å². The van der Waals surface area contributed by atoms with Crippen molar-refractivity contribution in [2.45, 2.75) is 115 Å². The molecule has 2 amide bonds. The first-order chi connectivity index (χ1) is 39.1. The number of allylic oxidation sites excluding steroid dienone is 8. The molecule has 24 nitrogen and oxygen atoms in total. The molecule has 0 spiro atoms. The van der Waals surface area contributed by atoms with Crippen LogP contribution in [0.4, 0.5) is 11.4 Å². The van der Waals surface area contributed by atoms with Gasteiger partial charge in [-0.2, -0.15) is 46.7 Å². The largest absolute Gasteiger partial charge is 0.382 e. The topological polar surface area (TPSA) is 360 Å². The number of ether oxygens (including phenoxy) is 2. The van der Waals surface area contributed by atoms with Crippen LogP contribution in [0.1, 0.15) is 96.1 Å². The first kappa shape index (κ1) is 64.2. The van der Waals surface area contributed by atoms with Crippen LogP contribution in [0.3, 0.4) is 0 Å². The lowest BCUT2D eigenvalue weighted by molar-refractivity contribution is -0.438. The van der Waals surface area contributed by atoms with Gasteiger partial charge in [0.05, 0.1) is 40.6 Å². The number of carbonyl (C=O) groups excluding carboxylic acids is 3. The van der Waals surface area contributed by atoms with E-state index in [1.54, 1.807) is 50.3 Å². The molecule has 4 aliphatic rings. The number of hydrogen-bond donors (Lipinski definition) is 5. The van der Waals surface area contributed by atoms with E-state index in [-0.39, 0.29) is 99.4 Å². The van der Waals surface area contributed by atoms with Crippen LogP contribution in [-0.2, 0) is 90.1 Å². The fourth-order valence-corrected chi connectivity index (χ4v) is 15.2. The third-order valence-corrected chi connectivity index (χ3v) is 20.3. The van der Waals surface area contributed by atoms with Crippen LogP contribution in [0.5, 0.6) is 0 Å². The Morgan fingerprint density at radius 2 is 1.29 bits per heavy atom. The van der Waals surface area contributed by atoms with Gasteiger partial charge < -0.3 is 19.2 Å². The highest BCUT2D eigenvalue weighted by molar-refractivity contribution is 7.87. The number of imide groups is 1. The number of fused-ring (bicyclic) bond motifs is 6. The van der Waals surface area contributed by atoms with Gasteiger partial charge >= 0.3 is 5.97 Å². The number of hydrogen-bond acceptors (Lipinski definition) is 17. The molecule has 454 valence electrons. The van der Waals surface area contributed by atoms with E-state index in [4.69, 9.17) is 25.9 Å². The van der Waals surface area contributed by atoms with Crippen molar-refractivity contribution < 1.29 is 98.1 Å². The summed E-state index contributed by atoms with van der Waals surface area (Å²) in [5.41, 5.74) is 1.29. The van der Waals surface area contributed by atoms with E-state index in [0.717, 1.165) is 12.1 Å². The highest BCUT2D eigenvalue weighted by Gasteiger charge is 2.50. The predicted octanol–water partition coefficient (Wildman–Crippen LogP) is 7.29. The lowest BCUT2D eigenvalue weighted by Gasteiger charge is -2.30. The zero-order valence-corrected chi connectivity index (χ0v) is 50.6. The predicted molar refractivity (Wildman–Crippen MR) is 306 cm³/mol. The average Bonchev–Trinajstić information content (AvgIpc) is 1.58. The molecule has 2 unspecified atom stereocenters. The van der Waals surface area contributed by atoms with Crippen LogP contribution in [0.25, 0.3) is 21.5 Å². The Labute approximate surface area is 490 Å². The zero-order valence-electron chi connectivity index (χ0n) is 45.8. The molecular formula is C54H61ClN3O21S5+. The summed E-state index contributed by atoms with van der Waals surface area (Å²) >= 11 is 7.36. The Morgan fingerprint density at radius 1 is 0.690 bits per heavy atom. The SMILES string of the molecule is CCN1C(=CC=C2CCCC(C=CC3=[N+](CCCC(=O)ON4C(=O)CCC4=O)c4ccc5c(S(=O)(=O)O)cc(S(=O)(=O)O)cc5c4C3(C)CCOCCOC)=C2Cl)C(C)(CCCS(=O)(=O)O)c2c1ccc1c(S(=O)(=O)O)cc(S(=O)(=O)O)cc21. The second-order valence-electron chi connectivity index (χ2n) is 21.0. The molecular weight excluding hydrogens is 1220 g/mol. The Bertz CT molecular complexity index is 4180. The van der Waals surface area contributed by atoms with Gasteiger partial charge in [0.25, 0.3) is 62.4 Å². The summed E-state index contributed by atoms with van der Waals surface area (Å²) in [4.78, 5) is 41.4. The number of halogens is 1. The number of anilines is 1. The number of amides is 2. The molecule has 0 radical (unpaired) electrons. The molecule has 30 heteroatoms. The van der Waals surface area contributed by atoms with Gasteiger partial charge in [0.2, 0.25) is 5.69 Å². The van der Waals surface area contributed by atoms with Crippen LogP contribution in [0.15, 0.2) is 114 Å². The molecule has 1 aliphatic carbocycles. The molecule has 1 saturated heterocycles. The van der Waals surface area contributed by atoms with Crippen molar-refractivity contribution in [1.29, 1.82) is 0 Å². The highest BCUT2D eigenvalue weighted by atomic mass is 35.5. The van der Waals surface area contributed by atoms with Gasteiger partial charge in [-0.15, -0.1) is 5.06 Å². The Hall–Kier alpha value is -5.80. The van der Waals surface area contributed by atoms with Gasteiger partial charge in [0.1, 0.15) is 16.3 Å². The summed E-state index contributed by atoms with van der Waals surface area (Å²) in [6.07, 6.45) is 7.89. The average molecular weight is 1280 g/mol. The lowest BCUT2D eigenvalue weighted by Crippen LogP contribution is -2.33. The minimum atomic E-state index is -5.14. The molecule has 3 aliphatic heterocycles. The van der Waals surface area contributed by atoms with Gasteiger partial charge in [-0.25, -0.2) is 4.79 Å². The third kappa shape index (κ3) is 13.1. The highest BCUT2D eigenvalue weighted by Crippen LogP contribution is 2.55. The maximum absolute atomic E-state index is 13.2. The number of methoxy groups -OCH3 is 1. The van der Waals surface area contributed by atoms with Crippen molar-refractivity contribution in [3.05, 3.63) is 106 Å². The van der Waals surface area contributed by atoms with E-state index in [2.05, 4.69) is 0 Å². The molecule has 0 bridgehead atoms. The second-order valence-corrected chi connectivity index (χ2v) is 28.5. The van der Waals surface area contributed by atoms with Crippen LogP contribution < -0.4 is 4.90 Å². The van der Waals surface area contributed by atoms with Crippen molar-refractivity contribution in [2.24, 2.45) is 0 Å². The summed E-state index contributed by atoms with van der Waals surface area (Å²) < 4.78 is 190. The smallest absolute Gasteiger partial charge is 0.333 e. The van der Waals surface area contributed by atoms with Crippen molar-refractivity contribution in [3.63, 3.8) is 0 Å². The van der Waals surface area contributed by atoms with Gasteiger partial charge in [-0.05, 0) is 129 Å². The Kier molecular flexibility index (Phi) is 18.5. The van der Waals surface area contributed by atoms with Crippen LogP contribution in [0, 0.1) is 0 Å². The quantitative estimate of drug-likeness (QED) is 0.0211. The number of hydroxylamine groups is 2. The zero-order chi connectivity index (χ0) is 61.7. The molecule has 2 atom stereocenters. The molecule has 5 N–H and O–H groups in total. The van der Waals surface area contributed by atoms with Crippen LogP contribution >= 0.6 is 11.6 Å². The third-order valence-electron chi connectivity index (χ3n) is 15.5. The first-order valence-corrected chi connectivity index (χ1v) is 34.0. The van der Waals surface area contributed by atoms with Crippen molar-refractivity contribution in [2.75, 3.05) is 50.7 Å². The fraction of sp³-hybridized carbons (Fsp3) is 0.407. The fourth-order valence-electron chi connectivity index (χ4n) is 11.7. The van der Waals surface area contributed by atoms with E-state index in [9.17, 15) is 79.2 Å². The normalized spacial score (nSPS) is 20.9. The monoisotopic (exact) mass is 1280 g/mol. The number of rotatable bonds is 23. The second kappa shape index (κ2) is 24.2.